The average molecular weight is 234 g/mol. The third-order valence-corrected chi connectivity index (χ3v) is 3.03. The number of carbonyl (C=O) groups excluding carboxylic acids is 1. The van der Waals surface area contributed by atoms with Gasteiger partial charge in [-0.2, -0.15) is 0 Å². The van der Waals surface area contributed by atoms with Crippen LogP contribution in [0, 0.1) is 0 Å². The molecule has 1 N–H and O–H groups in total. The summed E-state index contributed by atoms with van der Waals surface area (Å²) in [5, 5.41) is 12.9. The van der Waals surface area contributed by atoms with Crippen LogP contribution in [-0.2, 0) is 11.2 Å². The molecule has 4 heteroatoms. The van der Waals surface area contributed by atoms with Crippen LogP contribution in [0.1, 0.15) is 18.9 Å². The molecule has 4 nitrogen and oxygen atoms in total. The number of aliphatic hydroxyl groups excluding tert-OH is 1. The first-order valence-electron chi connectivity index (χ1n) is 5.89. The van der Waals surface area contributed by atoms with Crippen molar-refractivity contribution in [3.8, 4) is 0 Å². The molecule has 1 heterocycles. The topological polar surface area (TPSA) is 43.8 Å². The number of benzene rings is 1. The Morgan fingerprint density at radius 1 is 1.35 bits per heavy atom. The van der Waals surface area contributed by atoms with E-state index in [9.17, 15) is 9.90 Å². The summed E-state index contributed by atoms with van der Waals surface area (Å²) >= 11 is 0. The summed E-state index contributed by atoms with van der Waals surface area (Å²) in [4.78, 5) is 11.4. The molecule has 0 radical (unpaired) electrons. The molecule has 1 fully saturated rings. The van der Waals surface area contributed by atoms with Gasteiger partial charge in [0.2, 0.25) is 5.91 Å². The fraction of sp³-hybridized carbons (Fsp3) is 0.462. The van der Waals surface area contributed by atoms with Crippen LogP contribution in [0.15, 0.2) is 24.3 Å². The van der Waals surface area contributed by atoms with Gasteiger partial charge in [-0.1, -0.05) is 12.1 Å². The SMILES string of the molecule is CC(O)Cc1ccc(N2CCC(=O)N2C)cc1. The largest absolute Gasteiger partial charge is 0.393 e. The third kappa shape index (κ3) is 2.58. The van der Waals surface area contributed by atoms with Gasteiger partial charge in [0.1, 0.15) is 0 Å². The Labute approximate surface area is 101 Å². The van der Waals surface area contributed by atoms with E-state index in [0.717, 1.165) is 17.8 Å². The van der Waals surface area contributed by atoms with Crippen molar-refractivity contribution in [3.63, 3.8) is 0 Å². The lowest BCUT2D eigenvalue weighted by molar-refractivity contribution is -0.126. The Balaban J connectivity index is 2.10. The first kappa shape index (κ1) is 11.9. The zero-order chi connectivity index (χ0) is 12.4. The van der Waals surface area contributed by atoms with Gasteiger partial charge in [0.25, 0.3) is 0 Å². The summed E-state index contributed by atoms with van der Waals surface area (Å²) in [7, 11) is 1.79. The molecular formula is C13H18N2O2. The van der Waals surface area contributed by atoms with Gasteiger partial charge in [-0.3, -0.25) is 14.8 Å². The minimum absolute atomic E-state index is 0.151. The average Bonchev–Trinajstić information content (AvgIpc) is 2.60. The number of hydrogen-bond donors (Lipinski definition) is 1. The van der Waals surface area contributed by atoms with Gasteiger partial charge >= 0.3 is 0 Å². The second kappa shape index (κ2) is 4.75. The number of anilines is 1. The predicted octanol–water partition coefficient (Wildman–Crippen LogP) is 1.19. The lowest BCUT2D eigenvalue weighted by Crippen LogP contribution is -2.35. The van der Waals surface area contributed by atoms with Crippen LogP contribution in [-0.4, -0.2) is 35.7 Å². The predicted molar refractivity (Wildman–Crippen MR) is 66.6 cm³/mol. The fourth-order valence-electron chi connectivity index (χ4n) is 2.10. The molecule has 0 aromatic heterocycles. The molecule has 1 aliphatic heterocycles. The highest BCUT2D eigenvalue weighted by atomic mass is 16.3. The maximum absolute atomic E-state index is 11.4. The van der Waals surface area contributed by atoms with E-state index in [4.69, 9.17) is 0 Å². The number of hydrazine groups is 1. The number of rotatable bonds is 3. The second-order valence-electron chi connectivity index (χ2n) is 4.51. The summed E-state index contributed by atoms with van der Waals surface area (Å²) in [6.07, 6.45) is 0.915. The first-order valence-corrected chi connectivity index (χ1v) is 5.89. The van der Waals surface area contributed by atoms with E-state index in [1.165, 1.54) is 0 Å². The minimum Gasteiger partial charge on any atom is -0.393 e. The Hall–Kier alpha value is -1.55. The van der Waals surface area contributed by atoms with Gasteiger partial charge in [0, 0.05) is 20.0 Å². The van der Waals surface area contributed by atoms with E-state index in [-0.39, 0.29) is 12.0 Å². The summed E-state index contributed by atoms with van der Waals surface area (Å²) < 4.78 is 0. The maximum Gasteiger partial charge on any atom is 0.242 e. The molecule has 92 valence electrons. The fourth-order valence-corrected chi connectivity index (χ4v) is 2.10. The van der Waals surface area contributed by atoms with Crippen molar-refractivity contribution in [2.75, 3.05) is 18.6 Å². The number of amides is 1. The molecule has 1 unspecified atom stereocenters. The van der Waals surface area contributed by atoms with Crippen LogP contribution < -0.4 is 5.01 Å². The van der Waals surface area contributed by atoms with E-state index in [2.05, 4.69) is 0 Å². The van der Waals surface area contributed by atoms with Crippen molar-refractivity contribution in [2.45, 2.75) is 25.9 Å². The van der Waals surface area contributed by atoms with E-state index in [1.54, 1.807) is 19.0 Å². The van der Waals surface area contributed by atoms with Crippen LogP contribution >= 0.6 is 0 Å². The second-order valence-corrected chi connectivity index (χ2v) is 4.51. The number of aliphatic hydroxyl groups is 1. The molecule has 17 heavy (non-hydrogen) atoms. The molecule has 1 aromatic rings. The number of carbonyl (C=O) groups is 1. The lowest BCUT2D eigenvalue weighted by Gasteiger charge is -2.26. The van der Waals surface area contributed by atoms with E-state index in [0.29, 0.717) is 12.8 Å². The van der Waals surface area contributed by atoms with Crippen molar-refractivity contribution in [2.24, 2.45) is 0 Å². The summed E-state index contributed by atoms with van der Waals surface area (Å²) in [5.74, 6) is 0.151. The first-order chi connectivity index (χ1) is 8.08. The van der Waals surface area contributed by atoms with Gasteiger partial charge in [-0.05, 0) is 31.0 Å². The van der Waals surface area contributed by atoms with Crippen LogP contribution in [0.5, 0.6) is 0 Å². The monoisotopic (exact) mass is 234 g/mol. The molecule has 2 rings (SSSR count). The highest BCUT2D eigenvalue weighted by molar-refractivity contribution is 5.81. The van der Waals surface area contributed by atoms with Gasteiger partial charge in [0.15, 0.2) is 0 Å². The van der Waals surface area contributed by atoms with Crippen molar-refractivity contribution in [3.05, 3.63) is 29.8 Å². The number of nitrogens with zero attached hydrogens (tertiary/aromatic N) is 2. The third-order valence-electron chi connectivity index (χ3n) is 3.03. The summed E-state index contributed by atoms with van der Waals surface area (Å²) in [6, 6.07) is 7.98. The molecule has 1 aromatic carbocycles. The van der Waals surface area contributed by atoms with Crippen molar-refractivity contribution >= 4 is 11.6 Å². The van der Waals surface area contributed by atoms with Crippen LogP contribution in [0.3, 0.4) is 0 Å². The highest BCUT2D eigenvalue weighted by Crippen LogP contribution is 2.21. The molecule has 1 atom stereocenters. The Morgan fingerprint density at radius 3 is 2.47 bits per heavy atom. The number of hydrogen-bond acceptors (Lipinski definition) is 3. The Kier molecular flexibility index (Phi) is 3.33. The van der Waals surface area contributed by atoms with E-state index in [1.807, 2.05) is 29.3 Å². The van der Waals surface area contributed by atoms with Gasteiger partial charge in [0.05, 0.1) is 11.8 Å². The van der Waals surface area contributed by atoms with Gasteiger partial charge in [-0.15, -0.1) is 0 Å². The Morgan fingerprint density at radius 2 is 2.00 bits per heavy atom. The molecule has 0 saturated carbocycles. The van der Waals surface area contributed by atoms with Crippen molar-refractivity contribution < 1.29 is 9.90 Å². The zero-order valence-corrected chi connectivity index (χ0v) is 10.3. The minimum atomic E-state index is -0.322. The molecule has 0 spiro atoms. The summed E-state index contributed by atoms with van der Waals surface area (Å²) in [6.45, 7) is 2.52. The quantitative estimate of drug-likeness (QED) is 0.854. The maximum atomic E-state index is 11.4. The molecule has 1 saturated heterocycles. The molecular weight excluding hydrogens is 216 g/mol. The van der Waals surface area contributed by atoms with Crippen molar-refractivity contribution in [1.29, 1.82) is 0 Å². The standard InChI is InChI=1S/C13H18N2O2/c1-10(16)9-11-3-5-12(6-4-11)15-8-7-13(17)14(15)2/h3-6,10,16H,7-9H2,1-2H3. The Bertz CT molecular complexity index is 400. The lowest BCUT2D eigenvalue weighted by atomic mass is 10.1. The van der Waals surface area contributed by atoms with Crippen LogP contribution in [0.2, 0.25) is 0 Å². The smallest absolute Gasteiger partial charge is 0.242 e. The van der Waals surface area contributed by atoms with E-state index >= 15 is 0 Å². The molecule has 1 amide bonds. The molecule has 0 bridgehead atoms. The van der Waals surface area contributed by atoms with E-state index < -0.39 is 0 Å². The van der Waals surface area contributed by atoms with Crippen molar-refractivity contribution in [1.82, 2.24) is 5.01 Å². The van der Waals surface area contributed by atoms with Crippen LogP contribution in [0.25, 0.3) is 0 Å². The normalized spacial score (nSPS) is 17.7. The molecule has 0 aliphatic carbocycles. The summed E-state index contributed by atoms with van der Waals surface area (Å²) in [5.41, 5.74) is 2.13. The zero-order valence-electron chi connectivity index (χ0n) is 10.3. The van der Waals surface area contributed by atoms with Gasteiger partial charge < -0.3 is 5.11 Å². The van der Waals surface area contributed by atoms with Gasteiger partial charge in [-0.25, -0.2) is 0 Å². The molecule has 1 aliphatic rings. The van der Waals surface area contributed by atoms with Crippen LogP contribution in [0.4, 0.5) is 5.69 Å². The highest BCUT2D eigenvalue weighted by Gasteiger charge is 2.25.